The molecule has 108 valence electrons. The van der Waals surface area contributed by atoms with Crippen LogP contribution in [0.5, 0.6) is 0 Å². The fourth-order valence-corrected chi connectivity index (χ4v) is 2.80. The van der Waals surface area contributed by atoms with Crippen molar-refractivity contribution in [3.05, 3.63) is 41.6 Å². The van der Waals surface area contributed by atoms with E-state index in [9.17, 15) is 0 Å². The molecule has 2 rings (SSSR count). The number of hydrogen-bond donors (Lipinski definition) is 1. The van der Waals surface area contributed by atoms with Gasteiger partial charge in [0.25, 0.3) is 0 Å². The molecule has 2 heteroatoms. The maximum absolute atomic E-state index is 4.55. The van der Waals surface area contributed by atoms with Crippen molar-refractivity contribution >= 4 is 10.9 Å². The van der Waals surface area contributed by atoms with Gasteiger partial charge in [0, 0.05) is 23.2 Å². The second-order valence-corrected chi connectivity index (χ2v) is 5.67. The van der Waals surface area contributed by atoms with Crippen LogP contribution in [-0.2, 0) is 6.54 Å². The van der Waals surface area contributed by atoms with Gasteiger partial charge in [0.2, 0.25) is 0 Å². The average molecular weight is 270 g/mol. The van der Waals surface area contributed by atoms with Gasteiger partial charge in [-0.2, -0.15) is 0 Å². The highest BCUT2D eigenvalue weighted by Crippen LogP contribution is 2.21. The van der Waals surface area contributed by atoms with Crippen LogP contribution in [0.25, 0.3) is 10.9 Å². The Labute approximate surface area is 122 Å². The van der Waals surface area contributed by atoms with E-state index in [1.807, 2.05) is 6.92 Å². The van der Waals surface area contributed by atoms with Crippen LogP contribution in [0.15, 0.2) is 30.3 Å². The van der Waals surface area contributed by atoms with Crippen molar-refractivity contribution in [2.45, 2.75) is 59.0 Å². The molecule has 0 radical (unpaired) electrons. The third kappa shape index (κ3) is 3.18. The molecule has 0 spiro atoms. The molecule has 2 aromatic rings. The van der Waals surface area contributed by atoms with Gasteiger partial charge >= 0.3 is 0 Å². The van der Waals surface area contributed by atoms with Crippen molar-refractivity contribution < 1.29 is 0 Å². The first-order valence-corrected chi connectivity index (χ1v) is 7.74. The van der Waals surface area contributed by atoms with Crippen LogP contribution in [0.3, 0.4) is 0 Å². The minimum absolute atomic E-state index is 0.278. The summed E-state index contributed by atoms with van der Waals surface area (Å²) >= 11 is 0. The molecule has 0 aliphatic heterocycles. The van der Waals surface area contributed by atoms with Gasteiger partial charge in [0.05, 0.1) is 5.52 Å². The SMILES string of the molecule is CCC(CC)(CC)NCc1ccc2nc(C)ccc2c1. The van der Waals surface area contributed by atoms with Crippen molar-refractivity contribution in [3.8, 4) is 0 Å². The summed E-state index contributed by atoms with van der Waals surface area (Å²) in [6, 6.07) is 10.8. The number of nitrogens with zero attached hydrogens (tertiary/aromatic N) is 1. The van der Waals surface area contributed by atoms with Gasteiger partial charge in [-0.15, -0.1) is 0 Å². The fourth-order valence-electron chi connectivity index (χ4n) is 2.80. The van der Waals surface area contributed by atoms with E-state index in [1.165, 1.54) is 30.2 Å². The van der Waals surface area contributed by atoms with Crippen LogP contribution in [-0.4, -0.2) is 10.5 Å². The third-order valence-electron chi connectivity index (χ3n) is 4.59. The monoisotopic (exact) mass is 270 g/mol. The van der Waals surface area contributed by atoms with Gasteiger partial charge < -0.3 is 5.32 Å². The molecule has 20 heavy (non-hydrogen) atoms. The fraction of sp³-hybridized carbons (Fsp3) is 0.500. The van der Waals surface area contributed by atoms with Crippen molar-refractivity contribution in [2.75, 3.05) is 0 Å². The summed E-state index contributed by atoms with van der Waals surface area (Å²) in [4.78, 5) is 4.55. The Kier molecular flexibility index (Phi) is 4.77. The second-order valence-electron chi connectivity index (χ2n) is 5.67. The quantitative estimate of drug-likeness (QED) is 0.829. The Morgan fingerprint density at radius 2 is 1.70 bits per heavy atom. The minimum atomic E-state index is 0.278. The second kappa shape index (κ2) is 6.36. The van der Waals surface area contributed by atoms with E-state index in [4.69, 9.17) is 0 Å². The molecule has 0 amide bonds. The summed E-state index contributed by atoms with van der Waals surface area (Å²) < 4.78 is 0. The van der Waals surface area contributed by atoms with Gasteiger partial charge in [-0.05, 0) is 49.9 Å². The van der Waals surface area contributed by atoms with Gasteiger partial charge in [-0.1, -0.05) is 32.9 Å². The van der Waals surface area contributed by atoms with E-state index in [0.717, 1.165) is 17.8 Å². The molecule has 0 fully saturated rings. The van der Waals surface area contributed by atoms with Crippen LogP contribution in [0.2, 0.25) is 0 Å². The van der Waals surface area contributed by atoms with E-state index in [-0.39, 0.29) is 5.54 Å². The zero-order valence-corrected chi connectivity index (χ0v) is 13.2. The molecule has 0 bridgehead atoms. The number of aryl methyl sites for hydroxylation is 1. The zero-order valence-electron chi connectivity index (χ0n) is 13.2. The molecule has 1 aromatic heterocycles. The number of pyridine rings is 1. The smallest absolute Gasteiger partial charge is 0.0705 e. The largest absolute Gasteiger partial charge is 0.307 e. The van der Waals surface area contributed by atoms with Gasteiger partial charge in [-0.3, -0.25) is 4.98 Å². The Bertz CT molecular complexity index is 562. The van der Waals surface area contributed by atoms with Gasteiger partial charge in [-0.25, -0.2) is 0 Å². The molecule has 1 heterocycles. The molecule has 1 aromatic carbocycles. The lowest BCUT2D eigenvalue weighted by Crippen LogP contribution is -2.43. The van der Waals surface area contributed by atoms with Crippen molar-refractivity contribution in [3.63, 3.8) is 0 Å². The van der Waals surface area contributed by atoms with Gasteiger partial charge in [0.1, 0.15) is 0 Å². The number of aromatic nitrogens is 1. The van der Waals surface area contributed by atoms with E-state index < -0.39 is 0 Å². The molecule has 2 nitrogen and oxygen atoms in total. The third-order valence-corrected chi connectivity index (χ3v) is 4.59. The maximum atomic E-state index is 4.55. The Morgan fingerprint density at radius 1 is 1.00 bits per heavy atom. The summed E-state index contributed by atoms with van der Waals surface area (Å²) in [7, 11) is 0. The van der Waals surface area contributed by atoms with Crippen molar-refractivity contribution in [1.82, 2.24) is 10.3 Å². The molecule has 0 atom stereocenters. The molecule has 0 aliphatic rings. The summed E-state index contributed by atoms with van der Waals surface area (Å²) in [5.41, 5.74) is 3.77. The molecule has 0 saturated heterocycles. The average Bonchev–Trinajstić information content (AvgIpc) is 2.49. The number of nitrogens with one attached hydrogen (secondary N) is 1. The van der Waals surface area contributed by atoms with Crippen LogP contribution in [0.4, 0.5) is 0 Å². The summed E-state index contributed by atoms with van der Waals surface area (Å²) in [5, 5.41) is 4.98. The van der Waals surface area contributed by atoms with Crippen LogP contribution < -0.4 is 5.32 Å². The van der Waals surface area contributed by atoms with Crippen molar-refractivity contribution in [2.24, 2.45) is 0 Å². The standard InChI is InChI=1S/C18H26N2/c1-5-18(6-2,7-3)19-13-15-9-11-17-16(12-15)10-8-14(4)20-17/h8-12,19H,5-7,13H2,1-4H3. The summed E-state index contributed by atoms with van der Waals surface area (Å²) in [6.45, 7) is 9.78. The predicted molar refractivity (Wildman–Crippen MR) is 86.9 cm³/mol. The number of rotatable bonds is 6. The van der Waals surface area contributed by atoms with Gasteiger partial charge in [0.15, 0.2) is 0 Å². The number of fused-ring (bicyclic) bond motifs is 1. The minimum Gasteiger partial charge on any atom is -0.307 e. The summed E-state index contributed by atoms with van der Waals surface area (Å²) in [6.07, 6.45) is 3.52. The number of hydrogen-bond acceptors (Lipinski definition) is 2. The predicted octanol–water partition coefficient (Wildman–Crippen LogP) is 4.60. The Balaban J connectivity index is 2.16. The van der Waals surface area contributed by atoms with Crippen LogP contribution in [0, 0.1) is 6.92 Å². The van der Waals surface area contributed by atoms with E-state index in [2.05, 4.69) is 61.4 Å². The topological polar surface area (TPSA) is 24.9 Å². The normalized spacial score (nSPS) is 12.0. The first-order valence-electron chi connectivity index (χ1n) is 7.74. The summed E-state index contributed by atoms with van der Waals surface area (Å²) in [5.74, 6) is 0. The lowest BCUT2D eigenvalue weighted by molar-refractivity contribution is 0.288. The lowest BCUT2D eigenvalue weighted by atomic mass is 9.89. The first kappa shape index (κ1) is 15.0. The Morgan fingerprint density at radius 3 is 2.35 bits per heavy atom. The van der Waals surface area contributed by atoms with Crippen LogP contribution >= 0.6 is 0 Å². The van der Waals surface area contributed by atoms with Crippen molar-refractivity contribution in [1.29, 1.82) is 0 Å². The Hall–Kier alpha value is -1.41. The van der Waals surface area contributed by atoms with E-state index >= 15 is 0 Å². The van der Waals surface area contributed by atoms with E-state index in [0.29, 0.717) is 0 Å². The lowest BCUT2D eigenvalue weighted by Gasteiger charge is -2.32. The highest BCUT2D eigenvalue weighted by Gasteiger charge is 2.22. The first-order chi connectivity index (χ1) is 9.62. The van der Waals surface area contributed by atoms with E-state index in [1.54, 1.807) is 0 Å². The molecule has 1 N–H and O–H groups in total. The van der Waals surface area contributed by atoms with Crippen LogP contribution in [0.1, 0.15) is 51.3 Å². The molecule has 0 unspecified atom stereocenters. The molecular weight excluding hydrogens is 244 g/mol. The molecule has 0 aliphatic carbocycles. The zero-order chi connectivity index (χ0) is 14.6. The molecule has 0 saturated carbocycles. The number of benzene rings is 1. The maximum Gasteiger partial charge on any atom is 0.0705 e. The highest BCUT2D eigenvalue weighted by molar-refractivity contribution is 5.79. The highest BCUT2D eigenvalue weighted by atomic mass is 15.0. The molecular formula is C18H26N2.